The van der Waals surface area contributed by atoms with Crippen molar-refractivity contribution in [3.8, 4) is 0 Å². The first-order chi connectivity index (χ1) is 10.6. The third-order valence-corrected chi connectivity index (χ3v) is 6.38. The van der Waals surface area contributed by atoms with Crippen LogP contribution in [0.5, 0.6) is 0 Å². The molecule has 4 nitrogen and oxygen atoms in total. The average molecular weight is 328 g/mol. The van der Waals surface area contributed by atoms with Crippen LogP contribution in [0.1, 0.15) is 58.8 Å². The molecule has 2 saturated carbocycles. The van der Waals surface area contributed by atoms with E-state index in [2.05, 4.69) is 30.7 Å². The van der Waals surface area contributed by atoms with Gasteiger partial charge >= 0.3 is 0 Å². The molecule has 0 amide bonds. The zero-order valence-corrected chi connectivity index (χ0v) is 15.2. The first-order valence-electron chi connectivity index (χ1n) is 8.83. The van der Waals surface area contributed by atoms with Crippen LogP contribution in [-0.4, -0.2) is 47.8 Å². The molecule has 2 aliphatic carbocycles. The molecule has 0 bridgehead atoms. The average Bonchev–Trinajstić information content (AvgIpc) is 2.96. The molecule has 0 aromatic carbocycles. The molecule has 2 rings (SSSR count). The fourth-order valence-electron chi connectivity index (χ4n) is 3.62. The molecule has 2 aliphatic rings. The Morgan fingerprint density at radius 3 is 2.77 bits per heavy atom. The number of rotatable bonds is 5. The topological polar surface area (TPSA) is 56.7 Å². The lowest BCUT2D eigenvalue weighted by Crippen LogP contribution is -2.44. The normalized spacial score (nSPS) is 36.4. The highest BCUT2D eigenvalue weighted by atomic mass is 32.2. The Morgan fingerprint density at radius 1 is 1.32 bits per heavy atom. The van der Waals surface area contributed by atoms with Crippen molar-refractivity contribution in [1.82, 2.24) is 10.6 Å². The maximum atomic E-state index is 10.3. The van der Waals surface area contributed by atoms with Gasteiger partial charge in [-0.2, -0.15) is 11.8 Å². The van der Waals surface area contributed by atoms with E-state index in [-0.39, 0.29) is 11.5 Å². The molecule has 22 heavy (non-hydrogen) atoms. The van der Waals surface area contributed by atoms with Gasteiger partial charge in [0.2, 0.25) is 0 Å². The molecule has 128 valence electrons. The fraction of sp³-hybridized carbons (Fsp3) is 0.941. The van der Waals surface area contributed by atoms with Gasteiger partial charge in [-0.25, -0.2) is 0 Å². The summed E-state index contributed by atoms with van der Waals surface area (Å²) in [5, 5.41) is 18.1. The summed E-state index contributed by atoms with van der Waals surface area (Å²) < 4.78 is 0. The Bertz CT molecular complexity index is 377. The zero-order valence-electron chi connectivity index (χ0n) is 14.4. The van der Waals surface area contributed by atoms with Gasteiger partial charge < -0.3 is 15.7 Å². The van der Waals surface area contributed by atoms with Crippen molar-refractivity contribution in [3.63, 3.8) is 0 Å². The summed E-state index contributed by atoms with van der Waals surface area (Å²) in [7, 11) is 0. The molecule has 3 N–H and O–H groups in total. The van der Waals surface area contributed by atoms with Crippen molar-refractivity contribution in [2.45, 2.75) is 76.2 Å². The molecule has 0 saturated heterocycles. The Hall–Kier alpha value is -0.420. The van der Waals surface area contributed by atoms with Crippen LogP contribution in [0.15, 0.2) is 4.99 Å². The van der Waals surface area contributed by atoms with Crippen molar-refractivity contribution in [2.24, 2.45) is 10.4 Å². The molecule has 0 spiro atoms. The minimum atomic E-state index is -0.208. The number of nitrogens with one attached hydrogen (secondary N) is 2. The first-order valence-corrected chi connectivity index (χ1v) is 10.1. The van der Waals surface area contributed by atoms with Crippen molar-refractivity contribution in [3.05, 3.63) is 0 Å². The van der Waals surface area contributed by atoms with Crippen molar-refractivity contribution in [1.29, 1.82) is 0 Å². The van der Waals surface area contributed by atoms with Gasteiger partial charge in [0.05, 0.1) is 12.6 Å². The third kappa shape index (κ3) is 4.79. The maximum absolute atomic E-state index is 10.3. The second-order valence-electron chi connectivity index (χ2n) is 7.12. The van der Waals surface area contributed by atoms with Gasteiger partial charge in [-0.1, -0.05) is 19.8 Å². The van der Waals surface area contributed by atoms with Gasteiger partial charge in [0.25, 0.3) is 0 Å². The summed E-state index contributed by atoms with van der Waals surface area (Å²) in [5.41, 5.74) is -0.0575. The standard InChI is InChI=1S/C17H33N3OS/c1-4-18-16(20-13-8-9-14(11-13)22-3)19-12-17(2)10-6-5-7-15(17)21/h13-15,21H,4-12H2,1-3H3,(H2,18,19,20). The minimum absolute atomic E-state index is 0.0575. The van der Waals surface area contributed by atoms with E-state index < -0.39 is 0 Å². The van der Waals surface area contributed by atoms with Crippen LogP contribution in [0, 0.1) is 5.41 Å². The highest BCUT2D eigenvalue weighted by molar-refractivity contribution is 7.99. The summed E-state index contributed by atoms with van der Waals surface area (Å²) in [4.78, 5) is 4.80. The van der Waals surface area contributed by atoms with E-state index in [0.717, 1.165) is 37.0 Å². The second-order valence-corrected chi connectivity index (χ2v) is 8.26. The van der Waals surface area contributed by atoms with Gasteiger partial charge in [0.15, 0.2) is 5.96 Å². The number of nitrogens with zero attached hydrogens (tertiary/aromatic N) is 1. The number of hydrogen-bond acceptors (Lipinski definition) is 3. The van der Waals surface area contributed by atoms with Crippen LogP contribution in [0.2, 0.25) is 0 Å². The highest BCUT2D eigenvalue weighted by Crippen LogP contribution is 2.36. The maximum Gasteiger partial charge on any atom is 0.191 e. The van der Waals surface area contributed by atoms with Crippen molar-refractivity contribution < 1.29 is 5.11 Å². The monoisotopic (exact) mass is 327 g/mol. The van der Waals surface area contributed by atoms with E-state index in [0.29, 0.717) is 12.6 Å². The number of aliphatic hydroxyl groups is 1. The quantitative estimate of drug-likeness (QED) is 0.537. The number of aliphatic hydroxyl groups excluding tert-OH is 1. The van der Waals surface area contributed by atoms with Gasteiger partial charge in [0.1, 0.15) is 0 Å². The molecule has 0 heterocycles. The Labute approximate surface area is 139 Å². The van der Waals surface area contributed by atoms with E-state index in [4.69, 9.17) is 4.99 Å². The SMILES string of the molecule is CCNC(=NCC1(C)CCCCC1O)NC1CCC(SC)C1. The number of thioether (sulfide) groups is 1. The van der Waals surface area contributed by atoms with Crippen LogP contribution < -0.4 is 10.6 Å². The van der Waals surface area contributed by atoms with E-state index in [9.17, 15) is 5.11 Å². The van der Waals surface area contributed by atoms with Crippen LogP contribution in [0.25, 0.3) is 0 Å². The van der Waals surface area contributed by atoms with E-state index in [1.54, 1.807) is 0 Å². The molecule has 0 aliphatic heterocycles. The van der Waals surface area contributed by atoms with Crippen molar-refractivity contribution in [2.75, 3.05) is 19.3 Å². The summed E-state index contributed by atoms with van der Waals surface area (Å²) in [5.74, 6) is 0.924. The van der Waals surface area contributed by atoms with Gasteiger partial charge in [-0.05, 0) is 45.3 Å². The largest absolute Gasteiger partial charge is 0.392 e. The van der Waals surface area contributed by atoms with Crippen LogP contribution >= 0.6 is 11.8 Å². The van der Waals surface area contributed by atoms with Gasteiger partial charge in [-0.3, -0.25) is 4.99 Å². The lowest BCUT2D eigenvalue weighted by atomic mass is 9.73. The minimum Gasteiger partial charge on any atom is -0.392 e. The molecule has 0 aromatic rings. The second kappa shape index (κ2) is 8.44. The van der Waals surface area contributed by atoms with Gasteiger partial charge in [0, 0.05) is 23.3 Å². The molecule has 0 radical (unpaired) electrons. The van der Waals surface area contributed by atoms with Crippen molar-refractivity contribution >= 4 is 17.7 Å². The lowest BCUT2D eigenvalue weighted by Gasteiger charge is -2.37. The lowest BCUT2D eigenvalue weighted by molar-refractivity contribution is 0.00715. The van der Waals surface area contributed by atoms with Crippen LogP contribution in [0.4, 0.5) is 0 Å². The Morgan fingerprint density at radius 2 is 2.14 bits per heavy atom. The summed E-state index contributed by atoms with van der Waals surface area (Å²) in [6.07, 6.45) is 10.1. The van der Waals surface area contributed by atoms with E-state index in [1.807, 2.05) is 11.8 Å². The third-order valence-electron chi connectivity index (χ3n) is 5.28. The molecule has 4 atom stereocenters. The predicted octanol–water partition coefficient (Wildman–Crippen LogP) is 2.77. The Kier molecular flexibility index (Phi) is 6.87. The molecule has 0 aromatic heterocycles. The summed E-state index contributed by atoms with van der Waals surface area (Å²) >= 11 is 1.98. The van der Waals surface area contributed by atoms with Crippen LogP contribution in [0.3, 0.4) is 0 Å². The molecule has 4 unspecified atom stereocenters. The summed E-state index contributed by atoms with van der Waals surface area (Å²) in [6, 6.07) is 0.541. The summed E-state index contributed by atoms with van der Waals surface area (Å²) in [6.45, 7) is 5.88. The van der Waals surface area contributed by atoms with E-state index in [1.165, 1.54) is 25.7 Å². The molecule has 5 heteroatoms. The predicted molar refractivity (Wildman–Crippen MR) is 96.6 cm³/mol. The highest BCUT2D eigenvalue weighted by Gasteiger charge is 2.35. The number of aliphatic imine (C=N–C) groups is 1. The zero-order chi connectivity index (χ0) is 16.0. The van der Waals surface area contributed by atoms with Gasteiger partial charge in [-0.15, -0.1) is 0 Å². The molecular weight excluding hydrogens is 294 g/mol. The Balaban J connectivity index is 1.92. The van der Waals surface area contributed by atoms with Crippen LogP contribution in [-0.2, 0) is 0 Å². The smallest absolute Gasteiger partial charge is 0.191 e. The first kappa shape index (κ1) is 17.9. The van der Waals surface area contributed by atoms with E-state index >= 15 is 0 Å². The number of guanidine groups is 1. The number of hydrogen-bond donors (Lipinski definition) is 3. The molecule has 2 fully saturated rings. The fourth-order valence-corrected chi connectivity index (χ4v) is 4.42. The molecular formula is C17H33N3OS.